The van der Waals surface area contributed by atoms with E-state index in [4.69, 9.17) is 14.2 Å². The first-order chi connectivity index (χ1) is 25.0. The van der Waals surface area contributed by atoms with Crippen molar-refractivity contribution < 1.29 is 74.2 Å². The second-order valence-corrected chi connectivity index (χ2v) is 13.7. The number of carbonyl (C=O) groups excluding carboxylic acids is 2. The molecule has 3 aliphatic rings. The number of ketones is 2. The summed E-state index contributed by atoms with van der Waals surface area (Å²) in [7, 11) is 3.89. The second kappa shape index (κ2) is 18.7. The molecule has 0 bridgehead atoms. The fourth-order valence-corrected chi connectivity index (χ4v) is 6.62. The third-order valence-electron chi connectivity index (χ3n) is 9.33. The van der Waals surface area contributed by atoms with Crippen LogP contribution in [0.1, 0.15) is 64.2 Å². The molecule has 0 radical (unpaired) electrons. The summed E-state index contributed by atoms with van der Waals surface area (Å²) in [6.07, 6.45) is -0.782. The molecular weight excluding hydrogens is 704 g/mol. The highest BCUT2D eigenvalue weighted by Crippen LogP contribution is 2.33. The Morgan fingerprint density at radius 3 is 1.49 bits per heavy atom. The monoisotopic (exact) mass is 756 g/mol. The van der Waals surface area contributed by atoms with E-state index in [0.29, 0.717) is 17.2 Å². The Balaban J connectivity index is 1.69. The summed E-state index contributed by atoms with van der Waals surface area (Å²) in [5.74, 6) is -3.59. The maximum absolute atomic E-state index is 12.5. The second-order valence-electron chi connectivity index (χ2n) is 13.7. The number of aliphatic hydroxyl groups excluding tert-OH is 3. The molecule has 19 nitrogen and oxygen atoms in total. The zero-order valence-corrected chi connectivity index (χ0v) is 30.1. The number of hydrogen-bond donors (Lipinski definition) is 11. The molecule has 3 aliphatic carbocycles. The summed E-state index contributed by atoms with van der Waals surface area (Å²) in [5.41, 5.74) is -4.32. The predicted octanol–water partition coefficient (Wildman–Crippen LogP) is -2.07. The molecule has 19 heteroatoms. The molecule has 11 N–H and O–H groups in total. The first-order valence-corrected chi connectivity index (χ1v) is 17.1. The summed E-state index contributed by atoms with van der Waals surface area (Å²) in [5, 5.41) is 89.7. The molecule has 0 aromatic carbocycles. The highest BCUT2D eigenvalue weighted by Gasteiger charge is 2.42. The van der Waals surface area contributed by atoms with Crippen molar-refractivity contribution in [1.82, 2.24) is 16.0 Å². The lowest BCUT2D eigenvalue weighted by Crippen LogP contribution is -2.46. The van der Waals surface area contributed by atoms with Crippen molar-refractivity contribution in [3.05, 3.63) is 34.4 Å². The maximum atomic E-state index is 12.5. The topological polar surface area (TPSA) is 306 Å². The normalized spacial score (nSPS) is 27.1. The third kappa shape index (κ3) is 11.1. The van der Waals surface area contributed by atoms with E-state index in [0.717, 1.165) is 0 Å². The minimum absolute atomic E-state index is 0.0226. The van der Waals surface area contributed by atoms with Gasteiger partial charge >= 0.3 is 11.9 Å². The molecule has 53 heavy (non-hydrogen) atoms. The molecule has 0 saturated heterocycles. The first kappa shape index (κ1) is 43.1. The van der Waals surface area contributed by atoms with Crippen LogP contribution in [0.5, 0.6) is 0 Å². The number of carboxylic acid groups (broad SMARTS) is 2. The van der Waals surface area contributed by atoms with Crippen LogP contribution in [-0.2, 0) is 33.4 Å². The van der Waals surface area contributed by atoms with Crippen molar-refractivity contribution in [2.24, 2.45) is 4.99 Å². The van der Waals surface area contributed by atoms with Gasteiger partial charge in [0.15, 0.2) is 17.3 Å². The number of carboxylic acids is 2. The fraction of sp³-hybridized carbons (Fsp3) is 0.676. The lowest BCUT2D eigenvalue weighted by molar-refractivity contribution is -0.140. The molecule has 0 aromatic heterocycles. The molecule has 0 spiro atoms. The van der Waals surface area contributed by atoms with Gasteiger partial charge in [-0.3, -0.25) is 14.6 Å². The SMILES string of the molecule is COC1=C(NC(CCCN=C2CC(O)(CO)CC(NCCCC(NC3=C(OC)C(=O)CC(O)(CO)C3)C(=O)O)=C2OC)C(=O)O)CC(O)(CO)CC1=O. The van der Waals surface area contributed by atoms with Gasteiger partial charge in [-0.2, -0.15) is 0 Å². The summed E-state index contributed by atoms with van der Waals surface area (Å²) >= 11 is 0. The highest BCUT2D eigenvalue weighted by molar-refractivity contribution is 6.00. The number of aliphatic carboxylic acids is 2. The van der Waals surface area contributed by atoms with Gasteiger partial charge in [0.2, 0.25) is 11.6 Å². The van der Waals surface area contributed by atoms with Crippen molar-refractivity contribution in [3.8, 4) is 0 Å². The summed E-state index contributed by atoms with van der Waals surface area (Å²) < 4.78 is 15.9. The molecule has 0 aliphatic heterocycles. The zero-order valence-electron chi connectivity index (χ0n) is 30.1. The van der Waals surface area contributed by atoms with Crippen molar-refractivity contribution >= 4 is 29.2 Å². The fourth-order valence-electron chi connectivity index (χ4n) is 6.62. The molecule has 3 rings (SSSR count). The van der Waals surface area contributed by atoms with Crippen molar-refractivity contribution in [2.75, 3.05) is 54.2 Å². The van der Waals surface area contributed by atoms with Crippen molar-refractivity contribution in [3.63, 3.8) is 0 Å². The van der Waals surface area contributed by atoms with Crippen molar-refractivity contribution in [2.45, 2.75) is 93.1 Å². The van der Waals surface area contributed by atoms with Crippen LogP contribution in [0.3, 0.4) is 0 Å². The number of nitrogens with zero attached hydrogens (tertiary/aromatic N) is 1. The lowest BCUT2D eigenvalue weighted by Gasteiger charge is -2.34. The number of aliphatic hydroxyl groups is 6. The Morgan fingerprint density at radius 1 is 0.660 bits per heavy atom. The number of nitrogens with one attached hydrogen (secondary N) is 3. The summed E-state index contributed by atoms with van der Waals surface area (Å²) in [6, 6.07) is -2.40. The zero-order chi connectivity index (χ0) is 39.6. The molecule has 0 saturated carbocycles. The van der Waals surface area contributed by atoms with E-state index in [1.165, 1.54) is 21.3 Å². The standard InChI is InChI=1S/C34H52N4O15/c1-51-27-21(35-8-4-6-19(30(44)45)37-23-12-33(49,17-40)14-25(42)28(23)52-2)10-32(48,16-39)11-22(27)36-9-5-7-20(31(46)47)38-24-13-34(50,18-41)15-26(43)29(24)53-3/h19-20,35,37-41,48-50H,4-18H2,1-3H3,(H,44,45)(H,46,47). The minimum Gasteiger partial charge on any atom is -0.493 e. The first-order valence-electron chi connectivity index (χ1n) is 17.1. The van der Waals surface area contributed by atoms with Crippen LogP contribution in [0, 0.1) is 0 Å². The van der Waals surface area contributed by atoms with Gasteiger partial charge in [-0.1, -0.05) is 0 Å². The van der Waals surface area contributed by atoms with E-state index in [-0.39, 0.29) is 100 Å². The Bertz CT molecular complexity index is 1510. The maximum Gasteiger partial charge on any atom is 0.326 e. The molecule has 0 heterocycles. The number of hydrogen-bond acceptors (Lipinski definition) is 17. The van der Waals surface area contributed by atoms with Crippen LogP contribution in [0.4, 0.5) is 0 Å². The molecule has 5 unspecified atom stereocenters. The van der Waals surface area contributed by atoms with Gasteiger partial charge < -0.3 is 71.0 Å². The third-order valence-corrected chi connectivity index (χ3v) is 9.33. The average molecular weight is 757 g/mol. The minimum atomic E-state index is -1.76. The Hall–Kier alpha value is -4.27. The molecule has 5 atom stereocenters. The Morgan fingerprint density at radius 2 is 1.08 bits per heavy atom. The number of aliphatic imine (C=N–C) groups is 1. The van der Waals surface area contributed by atoms with Gasteiger partial charge in [-0.15, -0.1) is 0 Å². The van der Waals surface area contributed by atoms with Crippen LogP contribution in [-0.4, -0.2) is 153 Å². The Labute approximate surface area is 306 Å². The number of allylic oxidation sites excluding steroid dienone is 3. The van der Waals surface area contributed by atoms with Crippen LogP contribution in [0.15, 0.2) is 39.4 Å². The largest absolute Gasteiger partial charge is 0.493 e. The lowest BCUT2D eigenvalue weighted by atomic mass is 9.85. The van der Waals surface area contributed by atoms with Crippen LogP contribution in [0.2, 0.25) is 0 Å². The summed E-state index contributed by atoms with van der Waals surface area (Å²) in [4.78, 5) is 53.7. The van der Waals surface area contributed by atoms with E-state index < -0.39 is 72.2 Å². The van der Waals surface area contributed by atoms with Crippen LogP contribution < -0.4 is 16.0 Å². The van der Waals surface area contributed by atoms with E-state index >= 15 is 0 Å². The average Bonchev–Trinajstić information content (AvgIpc) is 3.10. The predicted molar refractivity (Wildman–Crippen MR) is 184 cm³/mol. The van der Waals surface area contributed by atoms with E-state index in [2.05, 4.69) is 20.9 Å². The highest BCUT2D eigenvalue weighted by atomic mass is 16.5. The van der Waals surface area contributed by atoms with Crippen LogP contribution in [0.25, 0.3) is 0 Å². The Kier molecular flexibility index (Phi) is 15.2. The van der Waals surface area contributed by atoms with Gasteiger partial charge in [-0.25, -0.2) is 9.59 Å². The van der Waals surface area contributed by atoms with Crippen LogP contribution >= 0.6 is 0 Å². The van der Waals surface area contributed by atoms with Gasteiger partial charge in [0.25, 0.3) is 0 Å². The quantitative estimate of drug-likeness (QED) is 0.0560. The molecule has 298 valence electrons. The van der Waals surface area contributed by atoms with Crippen molar-refractivity contribution in [1.29, 1.82) is 0 Å². The molecule has 0 amide bonds. The van der Waals surface area contributed by atoms with Gasteiger partial charge in [0.05, 0.1) is 69.6 Å². The molecular formula is C34H52N4O15. The van der Waals surface area contributed by atoms with Gasteiger partial charge in [-0.05, 0) is 25.7 Å². The van der Waals surface area contributed by atoms with E-state index in [9.17, 15) is 60.0 Å². The number of methoxy groups -OCH3 is 3. The van der Waals surface area contributed by atoms with Gasteiger partial charge in [0, 0.05) is 51.6 Å². The molecule has 0 aromatic rings. The number of carbonyl (C=O) groups is 4. The molecule has 0 fully saturated rings. The van der Waals surface area contributed by atoms with E-state index in [1.54, 1.807) is 0 Å². The van der Waals surface area contributed by atoms with E-state index in [1.807, 2.05) is 0 Å². The van der Waals surface area contributed by atoms with Gasteiger partial charge in [0.1, 0.15) is 23.3 Å². The smallest absolute Gasteiger partial charge is 0.326 e. The number of Topliss-reactive ketones (excluding diaryl/α,β-unsaturated/α-hetero) is 2. The number of rotatable bonds is 21. The number of ether oxygens (including phenoxy) is 3. The summed E-state index contributed by atoms with van der Waals surface area (Å²) in [6.45, 7) is -1.76.